The Bertz CT molecular complexity index is 927. The zero-order valence-corrected chi connectivity index (χ0v) is 17.0. The van der Waals surface area contributed by atoms with Gasteiger partial charge in [0, 0.05) is 6.04 Å². The predicted molar refractivity (Wildman–Crippen MR) is 108 cm³/mol. The van der Waals surface area contributed by atoms with Gasteiger partial charge in [-0.2, -0.15) is 0 Å². The summed E-state index contributed by atoms with van der Waals surface area (Å²) in [4.78, 5) is 41.5. The summed E-state index contributed by atoms with van der Waals surface area (Å²) in [5.41, 5.74) is 0.220. The fourth-order valence-corrected chi connectivity index (χ4v) is 4.31. The lowest BCUT2D eigenvalue weighted by atomic mass is 9.86. The number of hydrogen-bond acceptors (Lipinski definition) is 6. The number of carbonyl (C=O) groups is 2. The summed E-state index contributed by atoms with van der Waals surface area (Å²) < 4.78 is 5.97. The predicted octanol–water partition coefficient (Wildman–Crippen LogP) is 2.36. The molecule has 3 rings (SSSR count). The molecule has 0 saturated heterocycles. The highest BCUT2D eigenvalue weighted by Crippen LogP contribution is 2.24. The van der Waals surface area contributed by atoms with Crippen molar-refractivity contribution in [1.29, 1.82) is 0 Å². The summed E-state index contributed by atoms with van der Waals surface area (Å²) in [5, 5.41) is 3.86. The van der Waals surface area contributed by atoms with E-state index in [1.807, 2.05) is 0 Å². The topological polar surface area (TPSA) is 90.3 Å². The molecule has 1 heterocycles. The van der Waals surface area contributed by atoms with Crippen molar-refractivity contribution in [1.82, 2.24) is 14.9 Å². The number of amides is 1. The van der Waals surface area contributed by atoms with E-state index in [2.05, 4.69) is 17.2 Å². The summed E-state index contributed by atoms with van der Waals surface area (Å²) >= 11 is 1.16. The van der Waals surface area contributed by atoms with Crippen LogP contribution < -0.4 is 10.9 Å². The number of nitrogens with one attached hydrogen (secondary N) is 1. The zero-order chi connectivity index (χ0) is 20.1. The molecule has 28 heavy (non-hydrogen) atoms. The second-order valence-electron chi connectivity index (χ2n) is 7.10. The van der Waals surface area contributed by atoms with E-state index in [0.717, 1.165) is 31.0 Å². The molecule has 1 N–H and O–H groups in total. The molecule has 1 amide bonds. The van der Waals surface area contributed by atoms with E-state index >= 15 is 0 Å². The number of benzene rings is 1. The Labute approximate surface area is 167 Å². The Balaban J connectivity index is 1.78. The number of ether oxygens (including phenoxy) is 1. The lowest BCUT2D eigenvalue weighted by molar-refractivity contribution is -0.141. The molecule has 150 valence electrons. The average Bonchev–Trinajstić information content (AvgIpc) is 2.70. The first-order valence-corrected chi connectivity index (χ1v) is 10.5. The van der Waals surface area contributed by atoms with Gasteiger partial charge in [0.05, 0.1) is 23.8 Å². The smallest absolute Gasteiger partial charge is 0.325 e. The maximum Gasteiger partial charge on any atom is 0.325 e. The Kier molecular flexibility index (Phi) is 6.72. The van der Waals surface area contributed by atoms with Gasteiger partial charge in [-0.3, -0.25) is 19.0 Å². The summed E-state index contributed by atoms with van der Waals surface area (Å²) in [5.74, 6) is -0.0221. The number of esters is 1. The number of para-hydroxylation sites is 1. The number of rotatable bonds is 6. The summed E-state index contributed by atoms with van der Waals surface area (Å²) in [6.07, 6.45) is 4.47. The van der Waals surface area contributed by atoms with Crippen molar-refractivity contribution in [2.45, 2.75) is 50.4 Å². The fourth-order valence-electron chi connectivity index (χ4n) is 3.50. The highest BCUT2D eigenvalue weighted by molar-refractivity contribution is 7.99. The first-order chi connectivity index (χ1) is 13.5. The Morgan fingerprint density at radius 3 is 2.79 bits per heavy atom. The van der Waals surface area contributed by atoms with Crippen molar-refractivity contribution in [2.75, 3.05) is 12.9 Å². The quantitative estimate of drug-likeness (QED) is 0.452. The normalized spacial score (nSPS) is 19.4. The molecule has 1 saturated carbocycles. The molecule has 0 spiro atoms. The number of hydrogen-bond donors (Lipinski definition) is 1. The van der Waals surface area contributed by atoms with Crippen LogP contribution in [0.4, 0.5) is 0 Å². The standard InChI is InChI=1S/C20H25N3O4S/c1-13-7-3-5-9-15(13)21-17(24)12-28-20-22-16-10-6-4-8-14(16)19(26)23(20)11-18(25)27-2/h4,6,8,10,13,15H,3,5,7,9,11-12H2,1-2H3,(H,21,24)/t13-,15+/m1/s1. The molecule has 0 bridgehead atoms. The van der Waals surface area contributed by atoms with Crippen LogP contribution in [0.5, 0.6) is 0 Å². The molecule has 2 atom stereocenters. The van der Waals surface area contributed by atoms with Crippen LogP contribution in [0.3, 0.4) is 0 Å². The molecule has 7 nitrogen and oxygen atoms in total. The third kappa shape index (κ3) is 4.73. The third-order valence-corrected chi connectivity index (χ3v) is 6.11. The van der Waals surface area contributed by atoms with Crippen molar-refractivity contribution in [2.24, 2.45) is 5.92 Å². The Morgan fingerprint density at radius 1 is 1.29 bits per heavy atom. The molecular weight excluding hydrogens is 378 g/mol. The van der Waals surface area contributed by atoms with Crippen molar-refractivity contribution in [3.8, 4) is 0 Å². The van der Waals surface area contributed by atoms with Gasteiger partial charge in [0.2, 0.25) is 5.91 Å². The molecule has 1 aromatic heterocycles. The molecule has 8 heteroatoms. The second kappa shape index (κ2) is 9.23. The first kappa shape index (κ1) is 20.4. The second-order valence-corrected chi connectivity index (χ2v) is 8.05. The van der Waals surface area contributed by atoms with Gasteiger partial charge in [0.15, 0.2) is 5.16 Å². The molecular formula is C20H25N3O4S. The minimum atomic E-state index is -0.540. The lowest BCUT2D eigenvalue weighted by Gasteiger charge is -2.29. The molecule has 2 aromatic rings. The van der Waals surface area contributed by atoms with Crippen molar-refractivity contribution < 1.29 is 14.3 Å². The van der Waals surface area contributed by atoms with Gasteiger partial charge in [-0.25, -0.2) is 4.98 Å². The number of methoxy groups -OCH3 is 1. The van der Waals surface area contributed by atoms with Crippen LogP contribution in [0.2, 0.25) is 0 Å². The van der Waals surface area contributed by atoms with Crippen LogP contribution in [-0.4, -0.2) is 40.3 Å². The van der Waals surface area contributed by atoms with E-state index < -0.39 is 5.97 Å². The summed E-state index contributed by atoms with van der Waals surface area (Å²) in [7, 11) is 1.27. The highest BCUT2D eigenvalue weighted by Gasteiger charge is 2.23. The fraction of sp³-hybridized carbons (Fsp3) is 0.500. The summed E-state index contributed by atoms with van der Waals surface area (Å²) in [6, 6.07) is 7.16. The van der Waals surface area contributed by atoms with Gasteiger partial charge >= 0.3 is 5.97 Å². The van der Waals surface area contributed by atoms with Crippen LogP contribution in [0, 0.1) is 5.92 Å². The van der Waals surface area contributed by atoms with Crippen LogP contribution in [-0.2, 0) is 20.9 Å². The Hall–Kier alpha value is -2.35. The zero-order valence-electron chi connectivity index (χ0n) is 16.1. The number of carbonyl (C=O) groups excluding carboxylic acids is 2. The lowest BCUT2D eigenvalue weighted by Crippen LogP contribution is -2.42. The Morgan fingerprint density at radius 2 is 2.04 bits per heavy atom. The third-order valence-electron chi connectivity index (χ3n) is 5.13. The minimum absolute atomic E-state index is 0.0872. The van der Waals surface area contributed by atoms with Gasteiger partial charge in [-0.05, 0) is 30.9 Å². The molecule has 0 radical (unpaired) electrons. The van der Waals surface area contributed by atoms with Crippen LogP contribution in [0.1, 0.15) is 32.6 Å². The van der Waals surface area contributed by atoms with Gasteiger partial charge in [0.1, 0.15) is 6.54 Å². The van der Waals surface area contributed by atoms with E-state index in [9.17, 15) is 14.4 Å². The molecule has 0 unspecified atom stereocenters. The molecule has 1 aliphatic rings. The van der Waals surface area contributed by atoms with E-state index in [4.69, 9.17) is 4.74 Å². The largest absolute Gasteiger partial charge is 0.468 e. The van der Waals surface area contributed by atoms with Gasteiger partial charge in [-0.15, -0.1) is 0 Å². The molecule has 0 aliphatic heterocycles. The maximum absolute atomic E-state index is 12.8. The van der Waals surface area contributed by atoms with Crippen molar-refractivity contribution in [3.63, 3.8) is 0 Å². The number of fused-ring (bicyclic) bond motifs is 1. The van der Waals surface area contributed by atoms with Crippen molar-refractivity contribution >= 4 is 34.5 Å². The maximum atomic E-state index is 12.8. The molecule has 1 fully saturated rings. The van der Waals surface area contributed by atoms with E-state index in [0.29, 0.717) is 22.0 Å². The van der Waals surface area contributed by atoms with Gasteiger partial charge in [-0.1, -0.05) is 43.7 Å². The summed E-state index contributed by atoms with van der Waals surface area (Å²) in [6.45, 7) is 1.92. The van der Waals surface area contributed by atoms with E-state index in [-0.39, 0.29) is 29.8 Å². The molecule has 1 aromatic carbocycles. The SMILES string of the molecule is COC(=O)Cn1c(SCC(=O)N[C@H]2CCCC[C@H]2C)nc2ccccc2c1=O. The minimum Gasteiger partial charge on any atom is -0.468 e. The van der Waals surface area contributed by atoms with Gasteiger partial charge < -0.3 is 10.1 Å². The first-order valence-electron chi connectivity index (χ1n) is 9.48. The van der Waals surface area contributed by atoms with Crippen molar-refractivity contribution in [3.05, 3.63) is 34.6 Å². The number of thioether (sulfide) groups is 1. The van der Waals surface area contributed by atoms with Crippen LogP contribution in [0.15, 0.2) is 34.2 Å². The average molecular weight is 404 g/mol. The highest BCUT2D eigenvalue weighted by atomic mass is 32.2. The van der Waals surface area contributed by atoms with Crippen LogP contribution in [0.25, 0.3) is 10.9 Å². The number of nitrogens with zero attached hydrogens (tertiary/aromatic N) is 2. The van der Waals surface area contributed by atoms with E-state index in [1.54, 1.807) is 24.3 Å². The molecule has 1 aliphatic carbocycles. The van der Waals surface area contributed by atoms with Gasteiger partial charge in [0.25, 0.3) is 5.56 Å². The number of aromatic nitrogens is 2. The van der Waals surface area contributed by atoms with E-state index in [1.165, 1.54) is 18.1 Å². The monoisotopic (exact) mass is 403 g/mol. The van der Waals surface area contributed by atoms with Crippen LogP contribution >= 0.6 is 11.8 Å².